The van der Waals surface area contributed by atoms with Crippen molar-refractivity contribution in [2.75, 3.05) is 0 Å². The van der Waals surface area contributed by atoms with Gasteiger partial charge in [-0.25, -0.2) is 24.3 Å². The standard InChI is InChI=1S/4C9H13.2CH2.2ClH.2Zr/c4*1-9(2,3)8-6-4-5-7-8;;;;;;/h4*6-7H,4H2,1-3H3;2*1H2;2*1H;;/q4*-1;;;;;2*+2/p-2. The Kier molecular flexibility index (Phi) is 28.3. The molecule has 0 aromatic rings. The van der Waals surface area contributed by atoms with Crippen LogP contribution in [0.2, 0.25) is 0 Å². The zero-order valence-electron chi connectivity index (χ0n) is 28.6. The van der Waals surface area contributed by atoms with E-state index in [1.807, 2.05) is 0 Å². The van der Waals surface area contributed by atoms with Crippen molar-refractivity contribution in [1.29, 1.82) is 0 Å². The van der Waals surface area contributed by atoms with Gasteiger partial charge in [0.25, 0.3) is 0 Å². The van der Waals surface area contributed by atoms with Crippen LogP contribution in [0.15, 0.2) is 70.9 Å². The van der Waals surface area contributed by atoms with Crippen molar-refractivity contribution in [3.05, 3.63) is 95.2 Å². The molecule has 232 valence electrons. The van der Waals surface area contributed by atoms with Gasteiger partial charge in [0.05, 0.1) is 0 Å². The fourth-order valence-corrected chi connectivity index (χ4v) is 3.68. The molecule has 4 aliphatic rings. The van der Waals surface area contributed by atoms with Crippen LogP contribution in [0.4, 0.5) is 0 Å². The molecule has 0 bridgehead atoms. The first-order valence-electron chi connectivity index (χ1n) is 14.2. The molecular weight excluding hydrogens is 710 g/mol. The Balaban J connectivity index is -0.000000217. The summed E-state index contributed by atoms with van der Waals surface area (Å²) in [5, 5.41) is 0. The predicted molar refractivity (Wildman–Crippen MR) is 174 cm³/mol. The Morgan fingerprint density at radius 3 is 0.595 bits per heavy atom. The van der Waals surface area contributed by atoms with Gasteiger partial charge in [0.1, 0.15) is 0 Å². The van der Waals surface area contributed by atoms with Crippen molar-refractivity contribution in [3.8, 4) is 0 Å². The van der Waals surface area contributed by atoms with E-state index in [-0.39, 0.29) is 24.8 Å². The average molecular weight is 766 g/mol. The monoisotopic (exact) mass is 762 g/mol. The second-order valence-electron chi connectivity index (χ2n) is 13.8. The first-order chi connectivity index (χ1) is 18.4. The van der Waals surface area contributed by atoms with Gasteiger partial charge < -0.3 is 24.8 Å². The molecule has 42 heavy (non-hydrogen) atoms. The quantitative estimate of drug-likeness (QED) is 0.311. The van der Waals surface area contributed by atoms with Crippen LogP contribution in [0.3, 0.4) is 0 Å². The molecule has 0 saturated heterocycles. The maximum Gasteiger partial charge on any atom is -1.00 e. The van der Waals surface area contributed by atoms with Crippen LogP contribution in [-0.2, 0) is 48.5 Å². The first kappa shape index (κ1) is 48.9. The van der Waals surface area contributed by atoms with E-state index in [0.29, 0.717) is 21.7 Å². The molecule has 0 radical (unpaired) electrons. The van der Waals surface area contributed by atoms with Crippen molar-refractivity contribution in [3.63, 3.8) is 0 Å². The Morgan fingerprint density at radius 2 is 0.548 bits per heavy atom. The van der Waals surface area contributed by atoms with Gasteiger partial charge in [0.2, 0.25) is 0 Å². The molecule has 0 aromatic heterocycles. The molecule has 0 aromatic carbocycles. The molecule has 0 amide bonds. The van der Waals surface area contributed by atoms with Crippen LogP contribution in [0, 0.1) is 46.0 Å². The molecule has 0 nitrogen and oxygen atoms in total. The smallest absolute Gasteiger partial charge is 1.00 e. The van der Waals surface area contributed by atoms with Gasteiger partial charge in [0.15, 0.2) is 0 Å². The van der Waals surface area contributed by atoms with Crippen molar-refractivity contribution >= 4 is 8.42 Å². The molecule has 0 N–H and O–H groups in total. The zero-order valence-corrected chi connectivity index (χ0v) is 35.0. The minimum atomic E-state index is 0. The van der Waals surface area contributed by atoms with E-state index >= 15 is 0 Å². The molecule has 0 unspecified atom stereocenters. The van der Waals surface area contributed by atoms with Crippen LogP contribution >= 0.6 is 0 Å². The summed E-state index contributed by atoms with van der Waals surface area (Å²) >= 11 is 2.60. The van der Waals surface area contributed by atoms with E-state index in [2.05, 4.69) is 164 Å². The normalized spacial score (nSPS) is 16.0. The summed E-state index contributed by atoms with van der Waals surface area (Å²) in [7, 11) is 0. The van der Waals surface area contributed by atoms with Crippen LogP contribution in [0.1, 0.15) is 109 Å². The predicted octanol–water partition coefficient (Wildman–Crippen LogP) is 4.83. The van der Waals surface area contributed by atoms with Crippen molar-refractivity contribution in [2.24, 2.45) is 21.7 Å². The van der Waals surface area contributed by atoms with Gasteiger partial charge in [-0.05, 0) is 0 Å². The van der Waals surface area contributed by atoms with E-state index < -0.39 is 0 Å². The van der Waals surface area contributed by atoms with Crippen LogP contribution < -0.4 is 24.8 Å². The van der Waals surface area contributed by atoms with Crippen molar-refractivity contribution in [2.45, 2.75) is 109 Å². The third-order valence-electron chi connectivity index (χ3n) is 6.25. The van der Waals surface area contributed by atoms with E-state index in [0.717, 1.165) is 25.7 Å². The zero-order chi connectivity index (χ0) is 31.6. The Morgan fingerprint density at radius 1 is 0.405 bits per heavy atom. The second kappa shape index (κ2) is 24.3. The van der Waals surface area contributed by atoms with Gasteiger partial charge in [-0.15, -0.1) is 25.7 Å². The number of hydrogen-bond acceptors (Lipinski definition) is 0. The Bertz CT molecular complexity index is 826. The summed E-state index contributed by atoms with van der Waals surface area (Å²) in [4.78, 5) is 0. The van der Waals surface area contributed by atoms with Crippen LogP contribution in [0.5, 0.6) is 0 Å². The van der Waals surface area contributed by atoms with Gasteiger partial charge in [-0.2, -0.15) is 46.6 Å². The van der Waals surface area contributed by atoms with Crippen molar-refractivity contribution in [1.82, 2.24) is 0 Å². The summed E-state index contributed by atoms with van der Waals surface area (Å²) in [6.45, 7) is 26.7. The first-order valence-corrected chi connectivity index (χ1v) is 17.7. The summed E-state index contributed by atoms with van der Waals surface area (Å²) < 4.78 is 6.68. The number of allylic oxidation sites excluding steroid dienone is 16. The molecule has 0 atom stereocenters. The molecule has 4 rings (SSSR count). The second-order valence-corrected chi connectivity index (χ2v) is 13.8. The minimum absolute atomic E-state index is 0. The largest absolute Gasteiger partial charge is 1.00 e. The average Bonchev–Trinajstić information content (AvgIpc) is 3.70. The van der Waals surface area contributed by atoms with E-state index in [1.54, 1.807) is 0 Å². The Hall–Kier alpha value is 0.00623. The molecule has 0 saturated carbocycles. The molecule has 4 aliphatic carbocycles. The summed E-state index contributed by atoms with van der Waals surface area (Å²) in [6, 6.07) is 0. The summed E-state index contributed by atoms with van der Waals surface area (Å²) in [6.07, 6.45) is 34.0. The number of halogens is 2. The third kappa shape index (κ3) is 22.5. The molecule has 4 heteroatoms. The molecule has 0 heterocycles. The van der Waals surface area contributed by atoms with E-state index in [9.17, 15) is 0 Å². The fourth-order valence-electron chi connectivity index (χ4n) is 3.68. The SMILES string of the molecule is CC(C)(C)C1=CC[C-]=C1.CC(C)(C)C1=CC[C-]=C1.CC(C)(C)C1=CC[C-]=C1.CC(C)(C)C1=CC[C-]=C1.[CH2]=[Zr+2].[CH2]=[Zr+2].[Cl-].[Cl-]. The topological polar surface area (TPSA) is 0 Å². The van der Waals surface area contributed by atoms with Crippen LogP contribution in [-0.4, -0.2) is 8.42 Å². The fraction of sp³-hybridized carbons (Fsp3) is 0.526. The summed E-state index contributed by atoms with van der Waals surface area (Å²) in [5.41, 5.74) is 6.97. The third-order valence-corrected chi connectivity index (χ3v) is 6.25. The summed E-state index contributed by atoms with van der Waals surface area (Å²) in [5.74, 6) is 0. The Labute approximate surface area is 304 Å². The van der Waals surface area contributed by atoms with E-state index in [1.165, 1.54) is 70.8 Å². The van der Waals surface area contributed by atoms with Crippen LogP contribution in [0.25, 0.3) is 0 Å². The van der Waals surface area contributed by atoms with E-state index in [4.69, 9.17) is 0 Å². The van der Waals surface area contributed by atoms with Gasteiger partial charge in [0, 0.05) is 0 Å². The van der Waals surface area contributed by atoms with Gasteiger partial charge in [-0.1, -0.05) is 105 Å². The molecule has 0 aliphatic heterocycles. The van der Waals surface area contributed by atoms with Gasteiger partial charge in [-0.3, -0.25) is 24.3 Å². The minimum Gasteiger partial charge on any atom is -1.00 e. The molecular formula is C38H56Cl2Zr2-2. The number of hydrogen-bond donors (Lipinski definition) is 0. The molecule has 0 spiro atoms. The van der Waals surface area contributed by atoms with Gasteiger partial charge >= 0.3 is 56.9 Å². The maximum atomic E-state index is 3.34. The molecule has 0 fully saturated rings. The van der Waals surface area contributed by atoms with Crippen molar-refractivity contribution < 1.29 is 73.3 Å². The maximum absolute atomic E-state index is 3.34. The number of rotatable bonds is 0.